The molecule has 0 aromatic heterocycles. The summed E-state index contributed by atoms with van der Waals surface area (Å²) >= 11 is 4.95. The average Bonchev–Trinajstić information content (AvgIpc) is 1.30. The van der Waals surface area contributed by atoms with Gasteiger partial charge >= 0.3 is 0 Å². The third kappa shape index (κ3) is 6.44. The van der Waals surface area contributed by atoms with Crippen molar-refractivity contribution >= 4 is 19.2 Å². The van der Waals surface area contributed by atoms with Crippen molar-refractivity contribution in [3.05, 3.63) is 0 Å². The van der Waals surface area contributed by atoms with Gasteiger partial charge in [0, 0.05) is 12.0 Å². The second-order valence-electron chi connectivity index (χ2n) is 1.05. The summed E-state index contributed by atoms with van der Waals surface area (Å²) in [5, 5.41) is 0. The van der Waals surface area contributed by atoms with Crippen molar-refractivity contribution in [3.8, 4) is 0 Å². The number of hydrogen-bond acceptors (Lipinski definition) is 2. The van der Waals surface area contributed by atoms with Crippen LogP contribution < -0.4 is 4.89 Å². The lowest BCUT2D eigenvalue weighted by Gasteiger charge is -2.11. The normalized spacial score (nSPS) is 18.7. The highest BCUT2D eigenvalue weighted by molar-refractivity contribution is 7.50. The molecule has 0 saturated heterocycles. The van der Waals surface area contributed by atoms with E-state index in [0.29, 0.717) is 0 Å². The molecule has 0 aliphatic carbocycles. The summed E-state index contributed by atoms with van der Waals surface area (Å²) in [6.07, 6.45) is -0.339. The molecule has 0 aromatic carbocycles. The van der Waals surface area contributed by atoms with Gasteiger partial charge in [-0.1, -0.05) is 0 Å². The Hall–Kier alpha value is 0.440. The number of halogens is 1. The minimum absolute atomic E-state index is 0.0444. The van der Waals surface area contributed by atoms with Crippen molar-refractivity contribution in [2.75, 3.05) is 12.0 Å². The summed E-state index contributed by atoms with van der Waals surface area (Å²) in [6, 6.07) is 0. The van der Waals surface area contributed by atoms with Gasteiger partial charge in [-0.3, -0.25) is 0 Å². The van der Waals surface area contributed by atoms with Gasteiger partial charge in [-0.25, -0.2) is 0 Å². The Morgan fingerprint density at radius 2 is 2.29 bits per heavy atom. The maximum atomic E-state index is 9.73. The van der Waals surface area contributed by atoms with Gasteiger partial charge in [-0.15, -0.1) is 11.6 Å². The first-order valence-electron chi connectivity index (χ1n) is 1.65. The Kier molecular flexibility index (Phi) is 2.84. The van der Waals surface area contributed by atoms with Gasteiger partial charge in [0.05, 0.1) is 0 Å². The molecule has 0 spiro atoms. The summed E-state index contributed by atoms with van der Waals surface area (Å²) < 4.78 is 9.73. The monoisotopic (exact) mass is 143 g/mol. The molecule has 44 valence electrons. The van der Waals surface area contributed by atoms with Crippen molar-refractivity contribution in [2.24, 2.45) is 0 Å². The van der Waals surface area contributed by atoms with Crippen LogP contribution in [0.3, 0.4) is 0 Å². The first kappa shape index (κ1) is 7.44. The van der Waals surface area contributed by atoms with E-state index in [4.69, 9.17) is 16.5 Å². The highest BCUT2D eigenvalue weighted by Gasteiger charge is 1.96. The van der Waals surface area contributed by atoms with Crippen LogP contribution >= 0.6 is 19.2 Å². The highest BCUT2D eigenvalue weighted by atomic mass is 35.5. The van der Waals surface area contributed by atoms with Crippen LogP contribution in [0.1, 0.15) is 0 Å². The lowest BCUT2D eigenvalue weighted by molar-refractivity contribution is -0.192. The molecule has 3 nitrogen and oxygen atoms in total. The van der Waals surface area contributed by atoms with Crippen LogP contribution in [0.15, 0.2) is 0 Å². The first-order chi connectivity index (χ1) is 3.06. The predicted octanol–water partition coefficient (Wildman–Crippen LogP) is -0.229. The molecule has 0 saturated carbocycles. The summed E-state index contributed by atoms with van der Waals surface area (Å²) in [7, 11) is -4.05. The molecule has 7 heavy (non-hydrogen) atoms. The molecule has 0 heterocycles. The van der Waals surface area contributed by atoms with Crippen LogP contribution in [0, 0.1) is 0 Å². The van der Waals surface area contributed by atoms with Crippen LogP contribution in [0.25, 0.3) is 0 Å². The SMILES string of the molecule is O=P([O-])(O)CCCl. The number of rotatable bonds is 2. The molecule has 0 rings (SSSR count). The van der Waals surface area contributed by atoms with E-state index in [1.54, 1.807) is 0 Å². The number of alkyl halides is 1. The summed E-state index contributed by atoms with van der Waals surface area (Å²) in [5.41, 5.74) is 0. The average molecular weight is 143 g/mol. The van der Waals surface area contributed by atoms with E-state index >= 15 is 0 Å². The van der Waals surface area contributed by atoms with E-state index in [1.165, 1.54) is 0 Å². The Morgan fingerprint density at radius 1 is 1.86 bits per heavy atom. The molecular weight excluding hydrogens is 138 g/mol. The van der Waals surface area contributed by atoms with Crippen molar-refractivity contribution in [1.29, 1.82) is 0 Å². The van der Waals surface area contributed by atoms with Crippen LogP contribution in [-0.4, -0.2) is 16.9 Å². The Morgan fingerprint density at radius 3 is 2.29 bits per heavy atom. The summed E-state index contributed by atoms with van der Waals surface area (Å²) in [6.45, 7) is 0. The van der Waals surface area contributed by atoms with Crippen molar-refractivity contribution in [3.63, 3.8) is 0 Å². The molecule has 1 N–H and O–H groups in total. The summed E-state index contributed by atoms with van der Waals surface area (Å²) in [5.74, 6) is -0.0444. The minimum atomic E-state index is -4.05. The third-order valence-corrected chi connectivity index (χ3v) is 1.61. The summed E-state index contributed by atoms with van der Waals surface area (Å²) in [4.78, 5) is 17.7. The maximum absolute atomic E-state index is 9.73. The van der Waals surface area contributed by atoms with E-state index in [0.717, 1.165) is 0 Å². The van der Waals surface area contributed by atoms with E-state index in [-0.39, 0.29) is 12.0 Å². The molecule has 1 unspecified atom stereocenters. The molecule has 0 aliphatic rings. The molecule has 0 radical (unpaired) electrons. The molecule has 1 atom stereocenters. The van der Waals surface area contributed by atoms with E-state index in [9.17, 15) is 9.46 Å². The zero-order chi connectivity index (χ0) is 5.91. The Labute approximate surface area is 46.5 Å². The quantitative estimate of drug-likeness (QED) is 0.429. The zero-order valence-corrected chi connectivity index (χ0v) is 5.15. The topological polar surface area (TPSA) is 60.4 Å². The highest BCUT2D eigenvalue weighted by Crippen LogP contribution is 2.27. The van der Waals surface area contributed by atoms with Gasteiger partial charge in [0.15, 0.2) is 0 Å². The van der Waals surface area contributed by atoms with Crippen molar-refractivity contribution in [2.45, 2.75) is 0 Å². The second kappa shape index (κ2) is 2.68. The fraction of sp³-hybridized carbons (Fsp3) is 1.00. The van der Waals surface area contributed by atoms with E-state index in [1.807, 2.05) is 0 Å². The van der Waals surface area contributed by atoms with Gasteiger partial charge in [0.2, 0.25) is 0 Å². The largest absolute Gasteiger partial charge is 0.779 e. The van der Waals surface area contributed by atoms with Gasteiger partial charge in [-0.05, 0) is 0 Å². The van der Waals surface area contributed by atoms with Crippen molar-refractivity contribution in [1.82, 2.24) is 0 Å². The Bertz CT molecular complexity index is 86.9. The molecule has 0 amide bonds. The van der Waals surface area contributed by atoms with Crippen molar-refractivity contribution < 1.29 is 14.4 Å². The molecule has 0 bridgehead atoms. The van der Waals surface area contributed by atoms with Gasteiger partial charge in [0.25, 0.3) is 0 Å². The predicted molar refractivity (Wildman–Crippen MR) is 25.4 cm³/mol. The maximum Gasteiger partial charge on any atom is 0.133 e. The molecule has 0 fully saturated rings. The lowest BCUT2D eigenvalue weighted by atomic mass is 11.0. The van der Waals surface area contributed by atoms with E-state index < -0.39 is 7.60 Å². The van der Waals surface area contributed by atoms with Crippen LogP contribution in [0.2, 0.25) is 0 Å². The van der Waals surface area contributed by atoms with Gasteiger partial charge in [-0.2, -0.15) is 0 Å². The van der Waals surface area contributed by atoms with E-state index in [2.05, 4.69) is 0 Å². The fourth-order valence-electron chi connectivity index (χ4n) is 0.107. The second-order valence-corrected chi connectivity index (χ2v) is 3.15. The molecule has 0 aliphatic heterocycles. The minimum Gasteiger partial charge on any atom is -0.779 e. The number of hydrogen-bond donors (Lipinski definition) is 1. The molecular formula is C2H5ClO3P-. The third-order valence-electron chi connectivity index (χ3n) is 0.367. The van der Waals surface area contributed by atoms with Crippen LogP contribution in [-0.2, 0) is 4.57 Å². The van der Waals surface area contributed by atoms with Crippen LogP contribution in [0.4, 0.5) is 0 Å². The molecule has 5 heteroatoms. The fourth-order valence-corrected chi connectivity index (χ4v) is 0.961. The standard InChI is InChI=1S/C2H6ClO3P/c3-1-2-7(4,5)6/h1-2H2,(H2,4,5,6)/p-1. The van der Waals surface area contributed by atoms with Gasteiger partial charge < -0.3 is 14.4 Å². The lowest BCUT2D eigenvalue weighted by Crippen LogP contribution is -2.03. The first-order valence-corrected chi connectivity index (χ1v) is 3.95. The Balaban J connectivity index is 3.36. The smallest absolute Gasteiger partial charge is 0.133 e. The molecule has 0 aromatic rings. The van der Waals surface area contributed by atoms with Gasteiger partial charge in [0.1, 0.15) is 7.60 Å². The van der Waals surface area contributed by atoms with Crippen LogP contribution in [0.5, 0.6) is 0 Å². The zero-order valence-electron chi connectivity index (χ0n) is 3.50.